The molecular weight excluding hydrogens is 200 g/mol. The minimum absolute atomic E-state index is 0.321. The number of allylic oxidation sites excluding steroid dienone is 1. The van der Waals surface area contributed by atoms with E-state index in [2.05, 4.69) is 0 Å². The maximum Gasteiger partial charge on any atom is 0.331 e. The molecular formula is C14H16O2. The Morgan fingerprint density at radius 1 is 1.31 bits per heavy atom. The molecule has 0 saturated carbocycles. The lowest BCUT2D eigenvalue weighted by Gasteiger charge is -1.96. The number of benzene rings is 1. The summed E-state index contributed by atoms with van der Waals surface area (Å²) in [7, 11) is 0. The molecule has 0 N–H and O–H groups in total. The molecule has 84 valence electrons. The monoisotopic (exact) mass is 216 g/mol. The highest BCUT2D eigenvalue weighted by Crippen LogP contribution is 2.04. The van der Waals surface area contributed by atoms with E-state index in [9.17, 15) is 4.79 Å². The number of rotatable bonds is 4. The van der Waals surface area contributed by atoms with Crippen LogP contribution in [0.2, 0.25) is 0 Å². The fourth-order valence-electron chi connectivity index (χ4n) is 1.12. The number of carbonyl (C=O) groups excluding carboxylic acids is 1. The number of hydrogen-bond acceptors (Lipinski definition) is 2. The van der Waals surface area contributed by atoms with Gasteiger partial charge in [0.05, 0.1) is 0 Å². The highest BCUT2D eigenvalue weighted by atomic mass is 16.5. The first-order valence-corrected chi connectivity index (χ1v) is 5.25. The molecule has 0 aliphatic carbocycles. The van der Waals surface area contributed by atoms with Gasteiger partial charge in [0.2, 0.25) is 0 Å². The summed E-state index contributed by atoms with van der Waals surface area (Å²) in [5.74, 6) is -0.321. The molecule has 0 atom stereocenters. The van der Waals surface area contributed by atoms with Gasteiger partial charge in [-0.2, -0.15) is 0 Å². The summed E-state index contributed by atoms with van der Waals surface area (Å²) >= 11 is 0. The van der Waals surface area contributed by atoms with E-state index >= 15 is 0 Å². The van der Waals surface area contributed by atoms with Crippen molar-refractivity contribution in [2.24, 2.45) is 0 Å². The third kappa shape index (κ3) is 4.60. The van der Waals surface area contributed by atoms with E-state index in [1.165, 1.54) is 11.6 Å². The highest BCUT2D eigenvalue weighted by molar-refractivity contribution is 5.87. The topological polar surface area (TPSA) is 26.3 Å². The molecule has 16 heavy (non-hydrogen) atoms. The first-order valence-electron chi connectivity index (χ1n) is 5.25. The lowest BCUT2D eigenvalue weighted by atomic mass is 10.1. The van der Waals surface area contributed by atoms with Crippen LogP contribution in [0.3, 0.4) is 0 Å². The second kappa shape index (κ2) is 6.62. The van der Waals surface area contributed by atoms with Crippen LogP contribution >= 0.6 is 0 Å². The number of hydrogen-bond donors (Lipinski definition) is 0. The molecule has 1 rings (SSSR count). The first kappa shape index (κ1) is 12.2. The smallest absolute Gasteiger partial charge is 0.331 e. The van der Waals surface area contributed by atoms with Gasteiger partial charge in [-0.05, 0) is 25.5 Å². The van der Waals surface area contributed by atoms with Crippen molar-refractivity contribution in [3.05, 3.63) is 53.6 Å². The second-order valence-electron chi connectivity index (χ2n) is 3.44. The van der Waals surface area contributed by atoms with E-state index in [1.54, 1.807) is 12.2 Å². The van der Waals surface area contributed by atoms with E-state index in [4.69, 9.17) is 4.74 Å². The summed E-state index contributed by atoms with van der Waals surface area (Å²) in [5, 5.41) is 0. The molecule has 2 heteroatoms. The molecule has 0 unspecified atom stereocenters. The Hall–Kier alpha value is -1.83. The summed E-state index contributed by atoms with van der Waals surface area (Å²) in [6.45, 7) is 4.24. The molecule has 0 aliphatic heterocycles. The van der Waals surface area contributed by atoms with Crippen LogP contribution < -0.4 is 0 Å². The van der Waals surface area contributed by atoms with Crippen LogP contribution in [0.4, 0.5) is 0 Å². The number of carbonyl (C=O) groups is 1. The summed E-state index contributed by atoms with van der Waals surface area (Å²) < 4.78 is 4.92. The van der Waals surface area contributed by atoms with Crippen molar-refractivity contribution in [1.29, 1.82) is 0 Å². The van der Waals surface area contributed by atoms with Crippen LogP contribution in [0.1, 0.15) is 18.1 Å². The van der Waals surface area contributed by atoms with E-state index < -0.39 is 0 Å². The summed E-state index contributed by atoms with van der Waals surface area (Å²) in [5.41, 5.74) is 2.20. The van der Waals surface area contributed by atoms with Gasteiger partial charge >= 0.3 is 5.97 Å². The molecule has 0 heterocycles. The molecule has 0 spiro atoms. The summed E-state index contributed by atoms with van der Waals surface area (Å²) in [6, 6.07) is 7.94. The Kier molecular flexibility index (Phi) is 5.06. The van der Waals surface area contributed by atoms with E-state index in [1.807, 2.05) is 44.2 Å². The number of ether oxygens (including phenoxy) is 1. The average molecular weight is 216 g/mol. The minimum Gasteiger partial charge on any atom is -0.458 e. The van der Waals surface area contributed by atoms with E-state index in [0.717, 1.165) is 5.56 Å². The molecule has 2 nitrogen and oxygen atoms in total. The van der Waals surface area contributed by atoms with Crippen LogP contribution in [0.5, 0.6) is 0 Å². The fourth-order valence-corrected chi connectivity index (χ4v) is 1.12. The van der Waals surface area contributed by atoms with Crippen molar-refractivity contribution >= 4 is 12.0 Å². The van der Waals surface area contributed by atoms with Gasteiger partial charge in [-0.3, -0.25) is 0 Å². The van der Waals surface area contributed by atoms with Gasteiger partial charge in [-0.15, -0.1) is 0 Å². The number of aryl methyl sites for hydroxylation is 1. The largest absolute Gasteiger partial charge is 0.458 e. The molecule has 0 aliphatic rings. The van der Waals surface area contributed by atoms with Gasteiger partial charge in [0.1, 0.15) is 6.61 Å². The Morgan fingerprint density at radius 2 is 2.00 bits per heavy atom. The Bertz CT molecular complexity index is 386. The van der Waals surface area contributed by atoms with Crippen molar-refractivity contribution in [2.45, 2.75) is 13.8 Å². The van der Waals surface area contributed by atoms with E-state index in [0.29, 0.717) is 6.61 Å². The van der Waals surface area contributed by atoms with Crippen LogP contribution in [0.15, 0.2) is 42.5 Å². The van der Waals surface area contributed by atoms with Gasteiger partial charge in [0.15, 0.2) is 0 Å². The summed E-state index contributed by atoms with van der Waals surface area (Å²) in [6.07, 6.45) is 6.82. The SMILES string of the molecule is C/C=C/COC(=O)/C=C/c1ccc(C)cc1. The van der Waals surface area contributed by atoms with Gasteiger partial charge < -0.3 is 4.74 Å². The molecule has 1 aromatic carbocycles. The van der Waals surface area contributed by atoms with Crippen molar-refractivity contribution in [3.63, 3.8) is 0 Å². The van der Waals surface area contributed by atoms with Gasteiger partial charge in [-0.1, -0.05) is 42.0 Å². The van der Waals surface area contributed by atoms with Crippen LogP contribution in [0.25, 0.3) is 6.08 Å². The zero-order valence-electron chi connectivity index (χ0n) is 9.64. The van der Waals surface area contributed by atoms with Crippen molar-refractivity contribution in [2.75, 3.05) is 6.61 Å². The average Bonchev–Trinajstić information content (AvgIpc) is 2.29. The van der Waals surface area contributed by atoms with Gasteiger partial charge in [-0.25, -0.2) is 4.79 Å². The Balaban J connectivity index is 2.47. The molecule has 0 radical (unpaired) electrons. The van der Waals surface area contributed by atoms with Crippen molar-refractivity contribution in [1.82, 2.24) is 0 Å². The standard InChI is InChI=1S/C14H16O2/c1-3-4-11-16-14(15)10-9-13-7-5-12(2)6-8-13/h3-10H,11H2,1-2H3/b4-3+,10-9+. The van der Waals surface area contributed by atoms with E-state index in [-0.39, 0.29) is 5.97 Å². The van der Waals surface area contributed by atoms with Gasteiger partial charge in [0.25, 0.3) is 0 Å². The third-order valence-electron chi connectivity index (χ3n) is 2.05. The lowest BCUT2D eigenvalue weighted by Crippen LogP contribution is -1.99. The predicted octanol–water partition coefficient (Wildman–Crippen LogP) is 3.13. The first-order chi connectivity index (χ1) is 7.72. The number of esters is 1. The molecule has 0 fully saturated rings. The zero-order valence-corrected chi connectivity index (χ0v) is 9.64. The quantitative estimate of drug-likeness (QED) is 0.439. The van der Waals surface area contributed by atoms with Gasteiger partial charge in [0, 0.05) is 6.08 Å². The molecule has 0 saturated heterocycles. The lowest BCUT2D eigenvalue weighted by molar-refractivity contribution is -0.136. The second-order valence-corrected chi connectivity index (χ2v) is 3.44. The van der Waals surface area contributed by atoms with Crippen molar-refractivity contribution in [3.8, 4) is 0 Å². The molecule has 1 aromatic rings. The van der Waals surface area contributed by atoms with Crippen molar-refractivity contribution < 1.29 is 9.53 Å². The van der Waals surface area contributed by atoms with Crippen LogP contribution in [-0.2, 0) is 9.53 Å². The highest BCUT2D eigenvalue weighted by Gasteiger charge is 1.94. The van der Waals surface area contributed by atoms with Crippen LogP contribution in [-0.4, -0.2) is 12.6 Å². The predicted molar refractivity (Wildman–Crippen MR) is 66.0 cm³/mol. The summed E-state index contributed by atoms with van der Waals surface area (Å²) in [4.78, 5) is 11.2. The normalized spacial score (nSPS) is 11.1. The minimum atomic E-state index is -0.321. The Morgan fingerprint density at radius 3 is 2.62 bits per heavy atom. The molecule has 0 amide bonds. The molecule has 0 aromatic heterocycles. The maximum absolute atomic E-state index is 11.2. The third-order valence-corrected chi connectivity index (χ3v) is 2.05. The maximum atomic E-state index is 11.2. The zero-order chi connectivity index (χ0) is 11.8. The van der Waals surface area contributed by atoms with Crippen LogP contribution in [0, 0.1) is 6.92 Å². The fraction of sp³-hybridized carbons (Fsp3) is 0.214. The molecule has 0 bridgehead atoms. The Labute approximate surface area is 96.2 Å².